The van der Waals surface area contributed by atoms with Crippen LogP contribution in [0.4, 0.5) is 0 Å². The third-order valence-electron chi connectivity index (χ3n) is 3.25. The van der Waals surface area contributed by atoms with Gasteiger partial charge in [-0.2, -0.15) is 0 Å². The predicted molar refractivity (Wildman–Crippen MR) is 89.6 cm³/mol. The molecule has 0 bridgehead atoms. The second-order valence-electron chi connectivity index (χ2n) is 5.46. The van der Waals surface area contributed by atoms with Crippen molar-refractivity contribution in [3.63, 3.8) is 0 Å². The van der Waals surface area contributed by atoms with Gasteiger partial charge in [-0.25, -0.2) is 4.79 Å². The Morgan fingerprint density at radius 3 is 2.05 bits per heavy atom. The molecule has 0 fully saturated rings. The van der Waals surface area contributed by atoms with Crippen molar-refractivity contribution in [3.05, 3.63) is 34.9 Å². The van der Waals surface area contributed by atoms with Crippen LogP contribution in [-0.4, -0.2) is 33.6 Å². The molecular formula is C18H30O4. The van der Waals surface area contributed by atoms with E-state index in [1.165, 1.54) is 24.3 Å². The Labute approximate surface area is 134 Å². The molecule has 0 heterocycles. The fraction of sp³-hybridized carbons (Fsp3) is 0.611. The highest BCUT2D eigenvalue weighted by molar-refractivity contribution is 5.82. The van der Waals surface area contributed by atoms with Crippen LogP contribution in [0.25, 0.3) is 0 Å². The number of methoxy groups -OCH3 is 3. The number of hydrogen-bond donors (Lipinski definition) is 0. The van der Waals surface area contributed by atoms with Gasteiger partial charge < -0.3 is 14.2 Å². The predicted octanol–water partition coefficient (Wildman–Crippen LogP) is 4.18. The molecular weight excluding hydrogens is 280 g/mol. The summed E-state index contributed by atoms with van der Waals surface area (Å²) < 4.78 is 15.1. The van der Waals surface area contributed by atoms with Gasteiger partial charge in [0.05, 0.1) is 7.11 Å². The van der Waals surface area contributed by atoms with Crippen LogP contribution in [0, 0.1) is 0 Å². The zero-order valence-corrected chi connectivity index (χ0v) is 14.8. The highest BCUT2D eigenvalue weighted by Crippen LogP contribution is 2.16. The highest BCUT2D eigenvalue weighted by atomic mass is 16.7. The summed E-state index contributed by atoms with van der Waals surface area (Å²) in [6, 6.07) is 0. The molecule has 0 N–H and O–H groups in total. The molecule has 0 saturated carbocycles. The topological polar surface area (TPSA) is 44.8 Å². The molecule has 0 saturated heterocycles. The maximum Gasteiger partial charge on any atom is 0.330 e. The Kier molecular flexibility index (Phi) is 11.4. The van der Waals surface area contributed by atoms with E-state index in [1.54, 1.807) is 14.2 Å². The summed E-state index contributed by atoms with van der Waals surface area (Å²) >= 11 is 0. The van der Waals surface area contributed by atoms with E-state index in [9.17, 15) is 4.79 Å². The van der Waals surface area contributed by atoms with Crippen molar-refractivity contribution in [2.75, 3.05) is 21.3 Å². The SMILES string of the molecule is COC(=O)/C=C(\CC/C=C(\C)CCC=C(C)C)C(OC)OC. The Hall–Kier alpha value is -1.39. The van der Waals surface area contributed by atoms with Crippen LogP contribution in [0.5, 0.6) is 0 Å². The Balaban J connectivity index is 4.59. The first-order chi connectivity index (χ1) is 10.4. The normalized spacial score (nSPS) is 12.5. The summed E-state index contributed by atoms with van der Waals surface area (Å²) in [5, 5.41) is 0. The zero-order chi connectivity index (χ0) is 17.0. The van der Waals surface area contributed by atoms with Crippen molar-refractivity contribution < 1.29 is 19.0 Å². The molecule has 0 spiro atoms. The summed E-state index contributed by atoms with van der Waals surface area (Å²) in [7, 11) is 4.47. The van der Waals surface area contributed by atoms with Crippen molar-refractivity contribution in [1.82, 2.24) is 0 Å². The quantitative estimate of drug-likeness (QED) is 0.263. The summed E-state index contributed by atoms with van der Waals surface area (Å²) in [6.07, 6.45) is 9.03. The number of hydrogen-bond acceptors (Lipinski definition) is 4. The van der Waals surface area contributed by atoms with Crippen molar-refractivity contribution in [3.8, 4) is 0 Å². The number of carbonyl (C=O) groups is 1. The molecule has 0 aromatic heterocycles. The van der Waals surface area contributed by atoms with E-state index in [4.69, 9.17) is 9.47 Å². The second kappa shape index (κ2) is 12.2. The standard InChI is InChI=1S/C18H30O4/c1-14(2)9-7-10-15(3)11-8-12-16(13-17(19)20-4)18(21-5)22-6/h9,11,13,18H,7-8,10,12H2,1-6H3/b15-11+,16-13+. The molecule has 22 heavy (non-hydrogen) atoms. The van der Waals surface area contributed by atoms with E-state index < -0.39 is 12.3 Å². The van der Waals surface area contributed by atoms with Gasteiger partial charge in [-0.3, -0.25) is 0 Å². The summed E-state index contributed by atoms with van der Waals surface area (Å²) in [4.78, 5) is 11.4. The first-order valence-corrected chi connectivity index (χ1v) is 7.57. The first-order valence-electron chi connectivity index (χ1n) is 7.57. The number of allylic oxidation sites excluding steroid dienone is 4. The second-order valence-corrected chi connectivity index (χ2v) is 5.46. The minimum Gasteiger partial charge on any atom is -0.466 e. The maximum absolute atomic E-state index is 11.4. The molecule has 0 aromatic carbocycles. The average molecular weight is 310 g/mol. The number of esters is 1. The minimum absolute atomic E-state index is 0.390. The fourth-order valence-corrected chi connectivity index (χ4v) is 2.04. The molecule has 0 radical (unpaired) electrons. The fourth-order valence-electron chi connectivity index (χ4n) is 2.04. The van der Waals surface area contributed by atoms with Crippen LogP contribution < -0.4 is 0 Å². The van der Waals surface area contributed by atoms with Crippen LogP contribution in [0.2, 0.25) is 0 Å². The number of rotatable bonds is 10. The van der Waals surface area contributed by atoms with Gasteiger partial charge in [0.15, 0.2) is 6.29 Å². The van der Waals surface area contributed by atoms with E-state index in [0.29, 0.717) is 6.42 Å². The molecule has 0 aliphatic carbocycles. The van der Waals surface area contributed by atoms with Gasteiger partial charge in [-0.15, -0.1) is 0 Å². The van der Waals surface area contributed by atoms with Crippen molar-refractivity contribution in [2.24, 2.45) is 0 Å². The molecule has 126 valence electrons. The van der Waals surface area contributed by atoms with Crippen LogP contribution in [0.15, 0.2) is 34.9 Å². The monoisotopic (exact) mass is 310 g/mol. The molecule has 0 aliphatic rings. The summed E-state index contributed by atoms with van der Waals surface area (Å²) in [5.74, 6) is -0.390. The lowest BCUT2D eigenvalue weighted by Crippen LogP contribution is -2.17. The molecule has 0 aromatic rings. The van der Waals surface area contributed by atoms with Crippen molar-refractivity contribution in [1.29, 1.82) is 0 Å². The van der Waals surface area contributed by atoms with E-state index in [0.717, 1.165) is 24.8 Å². The average Bonchev–Trinajstić information content (AvgIpc) is 2.47. The smallest absolute Gasteiger partial charge is 0.330 e. The van der Waals surface area contributed by atoms with Crippen LogP contribution in [0.3, 0.4) is 0 Å². The Bertz CT molecular complexity index is 411. The molecule has 0 unspecified atom stereocenters. The van der Waals surface area contributed by atoms with Crippen molar-refractivity contribution in [2.45, 2.75) is 52.7 Å². The minimum atomic E-state index is -0.515. The first kappa shape index (κ1) is 20.6. The van der Waals surface area contributed by atoms with Gasteiger partial charge in [-0.1, -0.05) is 23.3 Å². The van der Waals surface area contributed by atoms with E-state index >= 15 is 0 Å². The molecule has 0 atom stereocenters. The van der Waals surface area contributed by atoms with Gasteiger partial charge in [0.25, 0.3) is 0 Å². The van der Waals surface area contributed by atoms with E-state index in [1.807, 2.05) is 0 Å². The molecule has 0 aliphatic heterocycles. The van der Waals surface area contributed by atoms with Gasteiger partial charge in [0, 0.05) is 20.3 Å². The van der Waals surface area contributed by atoms with Crippen LogP contribution >= 0.6 is 0 Å². The van der Waals surface area contributed by atoms with Gasteiger partial charge >= 0.3 is 5.97 Å². The third-order valence-corrected chi connectivity index (χ3v) is 3.25. The van der Waals surface area contributed by atoms with Crippen LogP contribution in [-0.2, 0) is 19.0 Å². The summed E-state index contributed by atoms with van der Waals surface area (Å²) in [6.45, 7) is 6.35. The maximum atomic E-state index is 11.4. The van der Waals surface area contributed by atoms with E-state index in [-0.39, 0.29) is 0 Å². The summed E-state index contributed by atoms with van der Waals surface area (Å²) in [5.41, 5.74) is 3.48. The van der Waals surface area contributed by atoms with Gasteiger partial charge in [0.1, 0.15) is 0 Å². The Morgan fingerprint density at radius 2 is 1.55 bits per heavy atom. The lowest BCUT2D eigenvalue weighted by atomic mass is 10.1. The number of carbonyl (C=O) groups excluding carboxylic acids is 1. The van der Waals surface area contributed by atoms with Gasteiger partial charge in [-0.05, 0) is 52.0 Å². The molecule has 0 rings (SSSR count). The third kappa shape index (κ3) is 9.53. The molecule has 0 amide bonds. The van der Waals surface area contributed by atoms with Crippen LogP contribution in [0.1, 0.15) is 46.5 Å². The lowest BCUT2D eigenvalue weighted by Gasteiger charge is -2.16. The molecule has 4 heteroatoms. The zero-order valence-electron chi connectivity index (χ0n) is 14.8. The van der Waals surface area contributed by atoms with Gasteiger partial charge in [0.2, 0.25) is 0 Å². The van der Waals surface area contributed by atoms with Crippen molar-refractivity contribution >= 4 is 5.97 Å². The lowest BCUT2D eigenvalue weighted by molar-refractivity contribution is -0.135. The number of ether oxygens (including phenoxy) is 3. The Morgan fingerprint density at radius 1 is 0.955 bits per heavy atom. The highest BCUT2D eigenvalue weighted by Gasteiger charge is 2.13. The van der Waals surface area contributed by atoms with E-state index in [2.05, 4.69) is 37.7 Å². The molecule has 4 nitrogen and oxygen atoms in total. The largest absolute Gasteiger partial charge is 0.466 e.